The zero-order valence-electron chi connectivity index (χ0n) is 19.8. The monoisotopic (exact) mass is 488 g/mol. The van der Waals surface area contributed by atoms with Crippen LogP contribution in [-0.4, -0.2) is 41.6 Å². The number of hydrogen-bond acceptors (Lipinski definition) is 7. The van der Waals surface area contributed by atoms with Gasteiger partial charge in [-0.05, 0) is 76.0 Å². The maximum absolute atomic E-state index is 12.2. The molecule has 0 fully saturated rings. The van der Waals surface area contributed by atoms with Gasteiger partial charge in [0.15, 0.2) is 12.0 Å². The number of benzene rings is 2. The average Bonchev–Trinajstić information content (AvgIpc) is 2.79. The lowest BCUT2D eigenvalue weighted by molar-refractivity contribution is -0.108. The zero-order valence-corrected chi connectivity index (χ0v) is 20.6. The SMILES string of the molecule is COc1ccc(/C(Oc2c(C)c(O)cc(C(=O)Cl)c2CC=C(C)C)=C(/C=O)OCC(C)O)cc1. The van der Waals surface area contributed by atoms with Gasteiger partial charge in [0.2, 0.25) is 5.76 Å². The maximum atomic E-state index is 12.2. The number of phenolic OH excluding ortho intramolecular Hbond substituents is 1. The van der Waals surface area contributed by atoms with Crippen LogP contribution in [0.5, 0.6) is 17.2 Å². The molecule has 1 atom stereocenters. The van der Waals surface area contributed by atoms with E-state index in [1.54, 1.807) is 31.2 Å². The fourth-order valence-electron chi connectivity index (χ4n) is 3.08. The normalized spacial score (nSPS) is 12.3. The van der Waals surface area contributed by atoms with Crippen LogP contribution >= 0.6 is 11.6 Å². The number of aliphatic hydroxyl groups excluding tert-OH is 1. The Hall–Kier alpha value is -3.29. The molecule has 0 aliphatic heterocycles. The molecular weight excluding hydrogens is 460 g/mol. The summed E-state index contributed by atoms with van der Waals surface area (Å²) in [7, 11) is 1.53. The minimum Gasteiger partial charge on any atom is -0.508 e. The predicted molar refractivity (Wildman–Crippen MR) is 130 cm³/mol. The highest BCUT2D eigenvalue weighted by atomic mass is 35.5. The first-order valence-corrected chi connectivity index (χ1v) is 11.0. The van der Waals surface area contributed by atoms with Gasteiger partial charge in [-0.15, -0.1) is 0 Å². The molecule has 0 radical (unpaired) electrons. The number of aliphatic hydroxyl groups is 1. The van der Waals surface area contributed by atoms with Crippen molar-refractivity contribution >= 4 is 28.9 Å². The predicted octanol–water partition coefficient (Wildman–Crippen LogP) is 4.94. The second-order valence-corrected chi connectivity index (χ2v) is 8.28. The molecular formula is C26H29ClO7. The van der Waals surface area contributed by atoms with Crippen molar-refractivity contribution in [2.75, 3.05) is 13.7 Å². The Morgan fingerprint density at radius 2 is 1.85 bits per heavy atom. The number of carbonyl (C=O) groups excluding carboxylic acids is 2. The van der Waals surface area contributed by atoms with E-state index in [0.29, 0.717) is 35.1 Å². The van der Waals surface area contributed by atoms with Crippen LogP contribution in [0, 0.1) is 6.92 Å². The number of phenols is 1. The van der Waals surface area contributed by atoms with Crippen LogP contribution in [0.25, 0.3) is 5.76 Å². The van der Waals surface area contributed by atoms with Crippen molar-refractivity contribution in [1.29, 1.82) is 0 Å². The molecule has 0 spiro atoms. The Kier molecular flexibility index (Phi) is 9.71. The molecule has 182 valence electrons. The van der Waals surface area contributed by atoms with E-state index in [9.17, 15) is 19.8 Å². The summed E-state index contributed by atoms with van der Waals surface area (Å²) in [5.41, 5.74) is 2.37. The molecule has 34 heavy (non-hydrogen) atoms. The van der Waals surface area contributed by atoms with E-state index in [2.05, 4.69) is 0 Å². The van der Waals surface area contributed by atoms with Crippen molar-refractivity contribution in [2.24, 2.45) is 0 Å². The molecule has 0 heterocycles. The third-order valence-electron chi connectivity index (χ3n) is 4.90. The van der Waals surface area contributed by atoms with Crippen LogP contribution in [0.2, 0.25) is 0 Å². The summed E-state index contributed by atoms with van der Waals surface area (Å²) in [6, 6.07) is 8.01. The summed E-state index contributed by atoms with van der Waals surface area (Å²) < 4.78 is 16.9. The number of aromatic hydroxyl groups is 1. The van der Waals surface area contributed by atoms with Gasteiger partial charge in [-0.3, -0.25) is 9.59 Å². The van der Waals surface area contributed by atoms with Crippen LogP contribution < -0.4 is 9.47 Å². The van der Waals surface area contributed by atoms with Crippen LogP contribution in [0.4, 0.5) is 0 Å². The number of hydrogen-bond donors (Lipinski definition) is 2. The number of rotatable bonds is 11. The van der Waals surface area contributed by atoms with Gasteiger partial charge in [0, 0.05) is 22.3 Å². The van der Waals surface area contributed by atoms with Crippen molar-refractivity contribution in [3.05, 3.63) is 70.0 Å². The quantitative estimate of drug-likeness (QED) is 0.152. The number of allylic oxidation sites excluding steroid dienone is 3. The van der Waals surface area contributed by atoms with Crippen molar-refractivity contribution < 1.29 is 34.0 Å². The van der Waals surface area contributed by atoms with Gasteiger partial charge in [-0.2, -0.15) is 0 Å². The lowest BCUT2D eigenvalue weighted by Gasteiger charge is -2.20. The highest BCUT2D eigenvalue weighted by Gasteiger charge is 2.23. The van der Waals surface area contributed by atoms with Gasteiger partial charge < -0.3 is 24.4 Å². The summed E-state index contributed by atoms with van der Waals surface area (Å²) in [5, 5.41) is 19.4. The minimum absolute atomic E-state index is 0.0402. The van der Waals surface area contributed by atoms with Crippen molar-refractivity contribution in [1.82, 2.24) is 0 Å². The molecule has 2 aromatic carbocycles. The Labute approximate surface area is 204 Å². The molecule has 0 bridgehead atoms. The Bertz CT molecular complexity index is 1100. The summed E-state index contributed by atoms with van der Waals surface area (Å²) in [6.45, 7) is 6.82. The van der Waals surface area contributed by atoms with Gasteiger partial charge >= 0.3 is 0 Å². The molecule has 2 rings (SSSR count). The summed E-state index contributed by atoms with van der Waals surface area (Å²) in [4.78, 5) is 24.1. The first-order chi connectivity index (χ1) is 16.1. The molecule has 0 saturated heterocycles. The molecule has 0 aliphatic carbocycles. The largest absolute Gasteiger partial charge is 0.508 e. The molecule has 0 aromatic heterocycles. The Morgan fingerprint density at radius 1 is 1.21 bits per heavy atom. The van der Waals surface area contributed by atoms with E-state index in [1.165, 1.54) is 20.1 Å². The number of halogens is 1. The van der Waals surface area contributed by atoms with Crippen molar-refractivity contribution in [2.45, 2.75) is 40.2 Å². The lowest BCUT2D eigenvalue weighted by atomic mass is 9.98. The van der Waals surface area contributed by atoms with E-state index in [-0.39, 0.29) is 35.2 Å². The number of carbonyl (C=O) groups is 2. The number of aldehydes is 1. The van der Waals surface area contributed by atoms with Gasteiger partial charge in [-0.1, -0.05) is 11.6 Å². The zero-order chi connectivity index (χ0) is 25.4. The van der Waals surface area contributed by atoms with Crippen LogP contribution in [0.15, 0.2) is 47.7 Å². The highest BCUT2D eigenvalue weighted by Crippen LogP contribution is 2.38. The van der Waals surface area contributed by atoms with E-state index in [0.717, 1.165) is 5.57 Å². The molecule has 7 nitrogen and oxygen atoms in total. The average molecular weight is 489 g/mol. The van der Waals surface area contributed by atoms with Crippen molar-refractivity contribution in [3.63, 3.8) is 0 Å². The maximum Gasteiger partial charge on any atom is 0.252 e. The molecule has 0 amide bonds. The second kappa shape index (κ2) is 12.3. The summed E-state index contributed by atoms with van der Waals surface area (Å²) in [5.74, 6) is 0.450. The minimum atomic E-state index is -0.830. The molecule has 0 aliphatic rings. The summed E-state index contributed by atoms with van der Waals surface area (Å²) in [6.07, 6.45) is 1.84. The standard InChI is InChI=1S/C26H29ClO7/c1-15(2)6-11-20-21(26(27)31)12-22(30)17(4)24(20)34-25(23(13-28)33-14-16(3)29)18-7-9-19(32-5)10-8-18/h6-10,12-13,16,29-30H,11,14H2,1-5H3/b25-23+. The summed E-state index contributed by atoms with van der Waals surface area (Å²) >= 11 is 5.82. The molecule has 1 unspecified atom stereocenters. The van der Waals surface area contributed by atoms with E-state index in [1.807, 2.05) is 19.9 Å². The third kappa shape index (κ3) is 6.85. The molecule has 8 heteroatoms. The van der Waals surface area contributed by atoms with E-state index >= 15 is 0 Å². The topological polar surface area (TPSA) is 102 Å². The fourth-order valence-corrected chi connectivity index (χ4v) is 3.25. The first-order valence-electron chi connectivity index (χ1n) is 10.6. The first kappa shape index (κ1) is 27.0. The van der Waals surface area contributed by atoms with Crippen LogP contribution in [0.1, 0.15) is 47.8 Å². The highest BCUT2D eigenvalue weighted by molar-refractivity contribution is 6.68. The lowest BCUT2D eigenvalue weighted by Crippen LogP contribution is -2.14. The molecule has 2 aromatic rings. The van der Waals surface area contributed by atoms with Crippen LogP contribution in [-0.2, 0) is 16.0 Å². The van der Waals surface area contributed by atoms with Crippen molar-refractivity contribution in [3.8, 4) is 17.2 Å². The van der Waals surface area contributed by atoms with Crippen LogP contribution in [0.3, 0.4) is 0 Å². The van der Waals surface area contributed by atoms with Gasteiger partial charge in [0.25, 0.3) is 5.24 Å². The van der Waals surface area contributed by atoms with Gasteiger partial charge in [0.05, 0.1) is 13.2 Å². The molecule has 2 N–H and O–H groups in total. The van der Waals surface area contributed by atoms with Gasteiger partial charge in [0.1, 0.15) is 23.9 Å². The third-order valence-corrected chi connectivity index (χ3v) is 5.10. The van der Waals surface area contributed by atoms with E-state index in [4.69, 9.17) is 25.8 Å². The Balaban J connectivity index is 2.77. The smallest absolute Gasteiger partial charge is 0.252 e. The molecule has 0 saturated carbocycles. The fraction of sp³-hybridized carbons (Fsp3) is 0.308. The number of methoxy groups -OCH3 is 1. The number of ether oxygens (including phenoxy) is 3. The second-order valence-electron chi connectivity index (χ2n) is 7.94. The Morgan fingerprint density at radius 3 is 2.35 bits per heavy atom. The van der Waals surface area contributed by atoms with E-state index < -0.39 is 11.3 Å². The van der Waals surface area contributed by atoms with Gasteiger partial charge in [-0.25, -0.2) is 0 Å².